The Morgan fingerprint density at radius 3 is 2.79 bits per heavy atom. The van der Waals surface area contributed by atoms with Crippen LogP contribution in [0.1, 0.15) is 26.8 Å². The van der Waals surface area contributed by atoms with E-state index in [1.807, 2.05) is 6.07 Å². The molecule has 1 unspecified atom stereocenters. The molecule has 2 heterocycles. The second-order valence-corrected chi connectivity index (χ2v) is 7.24. The quantitative estimate of drug-likeness (QED) is 0.423. The summed E-state index contributed by atoms with van der Waals surface area (Å²) in [7, 11) is 0. The summed E-state index contributed by atoms with van der Waals surface area (Å²) in [6.07, 6.45) is 9.42. The molecule has 1 aromatic rings. The molecule has 0 amide bonds. The molecule has 29 heavy (non-hydrogen) atoms. The largest absolute Gasteiger partial charge is 0.378 e. The number of nitrogens with two attached hydrogens (primary N) is 1. The van der Waals surface area contributed by atoms with Crippen LogP contribution in [0.5, 0.6) is 0 Å². The average Bonchev–Trinajstić information content (AvgIpc) is 3.11. The van der Waals surface area contributed by atoms with Crippen LogP contribution in [0.15, 0.2) is 53.0 Å². The van der Waals surface area contributed by atoms with Gasteiger partial charge in [-0.3, -0.25) is 4.90 Å². The van der Waals surface area contributed by atoms with Crippen LogP contribution in [-0.4, -0.2) is 56.0 Å². The first-order valence-corrected chi connectivity index (χ1v) is 10.0. The maximum absolute atomic E-state index is 5.96. The Kier molecular flexibility index (Phi) is 9.68. The second-order valence-electron chi connectivity index (χ2n) is 7.24. The van der Waals surface area contributed by atoms with E-state index in [0.717, 1.165) is 45.1 Å². The molecule has 0 aliphatic carbocycles. The van der Waals surface area contributed by atoms with Crippen molar-refractivity contribution in [3.63, 3.8) is 0 Å². The zero-order valence-corrected chi connectivity index (χ0v) is 18.6. The van der Waals surface area contributed by atoms with Gasteiger partial charge in [0.2, 0.25) is 5.96 Å². The molecule has 0 saturated carbocycles. The summed E-state index contributed by atoms with van der Waals surface area (Å²) in [5.74, 6) is 0.244. The van der Waals surface area contributed by atoms with Gasteiger partial charge in [0.15, 0.2) is 0 Å². The minimum absolute atomic E-state index is 0. The number of ether oxygens (including phenoxy) is 1. The van der Waals surface area contributed by atoms with Gasteiger partial charge in [0, 0.05) is 57.6 Å². The first-order chi connectivity index (χ1) is 13.7. The van der Waals surface area contributed by atoms with Crippen molar-refractivity contribution in [3.8, 4) is 0 Å². The number of aliphatic imine (C=N–C) groups is 2. The molecular weight excluding hydrogens is 401 g/mol. The molecule has 0 bridgehead atoms. The zero-order chi connectivity index (χ0) is 19.8. The molecule has 2 aliphatic rings. The van der Waals surface area contributed by atoms with Gasteiger partial charge in [-0.1, -0.05) is 18.7 Å². The molecule has 2 aliphatic heterocycles. The molecule has 1 aromatic carbocycles. The van der Waals surface area contributed by atoms with Crippen LogP contribution in [0.2, 0.25) is 0 Å². The number of morpholine rings is 1. The summed E-state index contributed by atoms with van der Waals surface area (Å²) in [5, 5.41) is 0. The summed E-state index contributed by atoms with van der Waals surface area (Å²) in [5.41, 5.74) is 9.36. The standard InChI is InChI=1S/C22H31N5O.V.H2/c1-3-4-5-10-24-22(23)25-20-8-9-21(26-12-14-28-15-13-26)19(16-20)17-27-11-6-7-18(27)2;;/h3-5,8-10,16,18H,1,6-7,11-15,17H2,2H3,(H2,23,25);;1H/b5-4+,24-10+;;. The summed E-state index contributed by atoms with van der Waals surface area (Å²) in [4.78, 5) is 13.6. The van der Waals surface area contributed by atoms with Gasteiger partial charge in [-0.25, -0.2) is 9.98 Å². The number of hydrogen-bond acceptors (Lipinski definition) is 4. The van der Waals surface area contributed by atoms with Crippen LogP contribution in [0.4, 0.5) is 11.4 Å². The number of rotatable bonds is 6. The Balaban J connectivity index is 0.00000225. The fourth-order valence-electron chi connectivity index (χ4n) is 3.74. The summed E-state index contributed by atoms with van der Waals surface area (Å²) in [6.45, 7) is 11.4. The van der Waals surface area contributed by atoms with Gasteiger partial charge in [0.1, 0.15) is 0 Å². The Morgan fingerprint density at radius 2 is 2.10 bits per heavy atom. The van der Waals surface area contributed by atoms with Crippen molar-refractivity contribution in [2.45, 2.75) is 32.4 Å². The van der Waals surface area contributed by atoms with Crippen molar-refractivity contribution in [2.24, 2.45) is 15.7 Å². The number of nitrogens with zero attached hydrogens (tertiary/aromatic N) is 4. The summed E-state index contributed by atoms with van der Waals surface area (Å²) in [6, 6.07) is 6.95. The van der Waals surface area contributed by atoms with Gasteiger partial charge < -0.3 is 15.4 Å². The fraction of sp³-hybridized carbons (Fsp3) is 0.455. The van der Waals surface area contributed by atoms with Crippen LogP contribution >= 0.6 is 0 Å². The summed E-state index contributed by atoms with van der Waals surface area (Å²) < 4.78 is 5.52. The first kappa shape index (κ1) is 23.4. The summed E-state index contributed by atoms with van der Waals surface area (Å²) >= 11 is 0. The maximum atomic E-state index is 5.96. The van der Waals surface area contributed by atoms with Crippen molar-refractivity contribution in [3.05, 3.63) is 48.6 Å². The monoisotopic (exact) mass is 434 g/mol. The molecule has 2 fully saturated rings. The van der Waals surface area contributed by atoms with Gasteiger partial charge in [-0.2, -0.15) is 0 Å². The molecule has 0 spiro atoms. The van der Waals surface area contributed by atoms with Crippen molar-refractivity contribution in [2.75, 3.05) is 37.7 Å². The predicted molar refractivity (Wildman–Crippen MR) is 120 cm³/mol. The number of benzene rings is 1. The minimum Gasteiger partial charge on any atom is -0.378 e. The van der Waals surface area contributed by atoms with Gasteiger partial charge in [-0.15, -0.1) is 0 Å². The first-order valence-electron chi connectivity index (χ1n) is 10.0. The zero-order valence-electron chi connectivity index (χ0n) is 17.2. The second kappa shape index (κ2) is 12.0. The van der Waals surface area contributed by atoms with Crippen LogP contribution in [-0.2, 0) is 29.8 Å². The molecule has 3 rings (SSSR count). The molecule has 6 nitrogen and oxygen atoms in total. The minimum atomic E-state index is 0. The third-order valence-electron chi connectivity index (χ3n) is 5.26. The average molecular weight is 434 g/mol. The van der Waals surface area contributed by atoms with Gasteiger partial charge in [0.25, 0.3) is 0 Å². The van der Waals surface area contributed by atoms with Gasteiger partial charge in [-0.05, 0) is 56.1 Å². The van der Waals surface area contributed by atoms with E-state index in [1.165, 1.54) is 24.1 Å². The molecule has 0 aromatic heterocycles. The van der Waals surface area contributed by atoms with Crippen molar-refractivity contribution in [1.82, 2.24) is 4.90 Å². The predicted octanol–water partition coefficient (Wildman–Crippen LogP) is 3.51. The van der Waals surface area contributed by atoms with E-state index in [0.29, 0.717) is 6.04 Å². The topological polar surface area (TPSA) is 66.4 Å². The van der Waals surface area contributed by atoms with E-state index < -0.39 is 0 Å². The van der Waals surface area contributed by atoms with Gasteiger partial charge >= 0.3 is 0 Å². The van der Waals surface area contributed by atoms with E-state index in [-0.39, 0.29) is 25.9 Å². The van der Waals surface area contributed by atoms with E-state index >= 15 is 0 Å². The molecule has 1 radical (unpaired) electrons. The Hall–Kier alpha value is -1.86. The molecule has 1 atom stereocenters. The number of guanidine groups is 1. The van der Waals surface area contributed by atoms with Crippen LogP contribution in [0.25, 0.3) is 0 Å². The number of anilines is 1. The number of allylic oxidation sites excluding steroid dienone is 3. The van der Waals surface area contributed by atoms with E-state index in [1.54, 1.807) is 24.4 Å². The molecule has 2 N–H and O–H groups in total. The van der Waals surface area contributed by atoms with E-state index in [9.17, 15) is 0 Å². The van der Waals surface area contributed by atoms with Gasteiger partial charge in [0.05, 0.1) is 18.9 Å². The third-order valence-corrected chi connectivity index (χ3v) is 5.26. The van der Waals surface area contributed by atoms with Crippen LogP contribution < -0.4 is 10.6 Å². The molecular formula is C22H33N5OV. The number of likely N-dealkylation sites (tertiary alicyclic amines) is 1. The molecule has 157 valence electrons. The third kappa shape index (κ3) is 6.86. The Labute approximate surface area is 187 Å². The smallest absolute Gasteiger partial charge is 0.220 e. The maximum Gasteiger partial charge on any atom is 0.220 e. The SMILES string of the molecule is C=C/C=C/C=N/C(N)=Nc1ccc(N2CCOCC2)c(CN2CCCC2C)c1.[HH].[V]. The van der Waals surface area contributed by atoms with Crippen molar-refractivity contribution in [1.29, 1.82) is 0 Å². The molecule has 2 saturated heterocycles. The number of hydrogen-bond donors (Lipinski definition) is 1. The van der Waals surface area contributed by atoms with Crippen LogP contribution in [0.3, 0.4) is 0 Å². The fourth-order valence-corrected chi connectivity index (χ4v) is 3.74. The normalized spacial score (nSPS) is 21.1. The Bertz CT molecular complexity index is 762. The van der Waals surface area contributed by atoms with Crippen molar-refractivity contribution < 1.29 is 24.7 Å². The van der Waals surface area contributed by atoms with E-state index in [2.05, 4.69) is 45.4 Å². The Morgan fingerprint density at radius 1 is 1.31 bits per heavy atom. The molecule has 7 heteroatoms. The van der Waals surface area contributed by atoms with E-state index in [4.69, 9.17) is 10.5 Å². The van der Waals surface area contributed by atoms with Crippen molar-refractivity contribution >= 4 is 23.5 Å². The van der Waals surface area contributed by atoms with Crippen LogP contribution in [0, 0.1) is 0 Å².